The van der Waals surface area contributed by atoms with Gasteiger partial charge in [0, 0.05) is 19.2 Å². The number of rotatable bonds is 4. The normalized spacial score (nSPS) is 17.5. The number of carbonyl (C=O) groups is 1. The minimum absolute atomic E-state index is 0.103. The smallest absolute Gasteiger partial charge is 0.415 e. The fraction of sp³-hybridized carbons (Fsp3) is 0.450. The number of aliphatic hydroxyl groups excluding tert-OH is 1. The first-order chi connectivity index (χ1) is 13.5. The highest BCUT2D eigenvalue weighted by atomic mass is 35.5. The largest absolute Gasteiger partial charge is 0.434 e. The summed E-state index contributed by atoms with van der Waals surface area (Å²) in [5, 5.41) is 17.6. The number of hydrogen-bond donors (Lipinski definition) is 1. The molecule has 2 fully saturated rings. The van der Waals surface area contributed by atoms with Crippen LogP contribution in [0.25, 0.3) is 0 Å². The van der Waals surface area contributed by atoms with Crippen LogP contribution in [-0.4, -0.2) is 45.5 Å². The maximum Gasteiger partial charge on any atom is 0.415 e. The molecule has 148 valence electrons. The lowest BCUT2D eigenvalue weighted by atomic mass is 10.1. The van der Waals surface area contributed by atoms with Crippen molar-refractivity contribution in [3.05, 3.63) is 40.5 Å². The summed E-state index contributed by atoms with van der Waals surface area (Å²) in [6.07, 6.45) is 2.43. The molecule has 1 saturated carbocycles. The number of aryl methyl sites for hydroxylation is 1. The number of ether oxygens (including phenoxy) is 2. The second kappa shape index (κ2) is 7.93. The quantitative estimate of drug-likeness (QED) is 0.828. The second-order valence-corrected chi connectivity index (χ2v) is 7.68. The number of piperidine rings is 1. The molecule has 4 rings (SSSR count). The Morgan fingerprint density at radius 1 is 1.21 bits per heavy atom. The summed E-state index contributed by atoms with van der Waals surface area (Å²) in [7, 11) is 0. The Labute approximate surface area is 168 Å². The Morgan fingerprint density at radius 2 is 1.96 bits per heavy atom. The van der Waals surface area contributed by atoms with E-state index >= 15 is 0 Å². The van der Waals surface area contributed by atoms with Crippen molar-refractivity contribution in [3.63, 3.8) is 0 Å². The summed E-state index contributed by atoms with van der Waals surface area (Å²) >= 11 is 5.96. The fourth-order valence-corrected chi connectivity index (χ4v) is 3.46. The van der Waals surface area contributed by atoms with Crippen molar-refractivity contribution in [2.75, 3.05) is 13.1 Å². The van der Waals surface area contributed by atoms with Crippen LogP contribution in [0.5, 0.6) is 17.4 Å². The van der Waals surface area contributed by atoms with Crippen LogP contribution < -0.4 is 9.47 Å². The summed E-state index contributed by atoms with van der Waals surface area (Å²) in [5.41, 5.74) is 2.10. The summed E-state index contributed by atoms with van der Waals surface area (Å²) in [6, 6.07) is 7.45. The van der Waals surface area contributed by atoms with Gasteiger partial charge in [0.25, 0.3) is 5.88 Å². The van der Waals surface area contributed by atoms with E-state index in [-0.39, 0.29) is 22.9 Å². The van der Waals surface area contributed by atoms with E-state index in [4.69, 9.17) is 21.1 Å². The van der Waals surface area contributed by atoms with Gasteiger partial charge in [-0.05, 0) is 49.7 Å². The molecular weight excluding hydrogens is 382 g/mol. The fourth-order valence-electron chi connectivity index (χ4n) is 3.32. The first-order valence-corrected chi connectivity index (χ1v) is 9.84. The average Bonchev–Trinajstić information content (AvgIpc) is 3.51. The van der Waals surface area contributed by atoms with E-state index < -0.39 is 6.09 Å². The third-order valence-corrected chi connectivity index (χ3v) is 5.26. The second-order valence-electron chi connectivity index (χ2n) is 7.29. The van der Waals surface area contributed by atoms with Crippen LogP contribution >= 0.6 is 11.6 Å². The van der Waals surface area contributed by atoms with E-state index in [9.17, 15) is 9.90 Å². The number of aromatic nitrogens is 2. The van der Waals surface area contributed by atoms with Gasteiger partial charge >= 0.3 is 6.09 Å². The highest BCUT2D eigenvalue weighted by molar-refractivity contribution is 6.29. The first-order valence-electron chi connectivity index (χ1n) is 9.46. The van der Waals surface area contributed by atoms with E-state index in [1.807, 2.05) is 25.1 Å². The van der Waals surface area contributed by atoms with Gasteiger partial charge in [0.15, 0.2) is 10.9 Å². The van der Waals surface area contributed by atoms with E-state index in [2.05, 4.69) is 10.2 Å². The Hall–Kier alpha value is -2.38. The lowest BCUT2D eigenvalue weighted by Crippen LogP contribution is -2.41. The zero-order valence-electron chi connectivity index (χ0n) is 15.6. The third-order valence-electron chi connectivity index (χ3n) is 5.08. The van der Waals surface area contributed by atoms with Crippen molar-refractivity contribution in [3.8, 4) is 17.4 Å². The zero-order valence-corrected chi connectivity index (χ0v) is 16.4. The van der Waals surface area contributed by atoms with Crippen LogP contribution in [0.15, 0.2) is 24.3 Å². The number of nitrogens with zero attached hydrogens (tertiary/aromatic N) is 3. The van der Waals surface area contributed by atoms with Crippen molar-refractivity contribution in [1.82, 2.24) is 15.1 Å². The molecule has 2 aliphatic rings. The Kier molecular flexibility index (Phi) is 5.37. The minimum Gasteiger partial charge on any atom is -0.434 e. The van der Waals surface area contributed by atoms with Gasteiger partial charge in [0.1, 0.15) is 5.75 Å². The van der Waals surface area contributed by atoms with Crippen LogP contribution in [0.1, 0.15) is 42.7 Å². The van der Waals surface area contributed by atoms with Gasteiger partial charge in [-0.3, -0.25) is 0 Å². The number of amides is 1. The van der Waals surface area contributed by atoms with Gasteiger partial charge in [-0.1, -0.05) is 29.8 Å². The van der Waals surface area contributed by atoms with Gasteiger partial charge in [-0.25, -0.2) is 4.79 Å². The average molecular weight is 404 g/mol. The van der Waals surface area contributed by atoms with E-state index in [0.29, 0.717) is 31.8 Å². The topological polar surface area (TPSA) is 84.8 Å². The summed E-state index contributed by atoms with van der Waals surface area (Å²) in [5.74, 6) is 1.44. The monoisotopic (exact) mass is 403 g/mol. The van der Waals surface area contributed by atoms with Gasteiger partial charge in [-0.2, -0.15) is 0 Å². The number of hydrogen-bond acceptors (Lipinski definition) is 6. The lowest BCUT2D eigenvalue weighted by molar-refractivity contribution is 0.0793. The molecule has 7 nitrogen and oxygen atoms in total. The molecule has 1 saturated heterocycles. The highest BCUT2D eigenvalue weighted by Crippen LogP contribution is 2.46. The maximum atomic E-state index is 12.5. The number of benzene rings is 1. The van der Waals surface area contributed by atoms with Crippen molar-refractivity contribution >= 4 is 17.7 Å². The Morgan fingerprint density at radius 3 is 2.68 bits per heavy atom. The number of carbonyl (C=O) groups excluding carboxylic acids is 1. The molecule has 2 heterocycles. The molecule has 1 amide bonds. The predicted molar refractivity (Wildman–Crippen MR) is 103 cm³/mol. The molecule has 0 spiro atoms. The zero-order chi connectivity index (χ0) is 19.7. The van der Waals surface area contributed by atoms with Crippen molar-refractivity contribution in [2.45, 2.75) is 44.6 Å². The SMILES string of the molecule is Cc1cccc(C2CC2)c1Oc1nnc(Cl)cc1OC(=O)N1CCC(O)CC1. The molecule has 0 unspecified atom stereocenters. The summed E-state index contributed by atoms with van der Waals surface area (Å²) in [4.78, 5) is 14.1. The molecule has 1 aliphatic carbocycles. The maximum absolute atomic E-state index is 12.5. The van der Waals surface area contributed by atoms with Crippen LogP contribution in [0.4, 0.5) is 4.79 Å². The van der Waals surface area contributed by atoms with Crippen LogP contribution in [0, 0.1) is 6.92 Å². The summed E-state index contributed by atoms with van der Waals surface area (Å²) in [6.45, 7) is 2.84. The molecule has 8 heteroatoms. The number of para-hydroxylation sites is 1. The molecule has 0 bridgehead atoms. The first kappa shape index (κ1) is 19.0. The van der Waals surface area contributed by atoms with E-state index in [0.717, 1.165) is 29.7 Å². The number of aliphatic hydroxyl groups is 1. The van der Waals surface area contributed by atoms with Gasteiger partial charge < -0.3 is 19.5 Å². The molecule has 1 aromatic carbocycles. The van der Waals surface area contributed by atoms with Gasteiger partial charge in [0.05, 0.1) is 6.10 Å². The predicted octanol–water partition coefficient (Wildman–Crippen LogP) is 4.06. The molecule has 28 heavy (non-hydrogen) atoms. The molecule has 1 aliphatic heterocycles. The standard InChI is InChI=1S/C20H22ClN3O4/c1-12-3-2-4-15(13-5-6-13)18(12)28-19-16(11-17(21)22-23-19)27-20(26)24-9-7-14(25)8-10-24/h2-4,11,13-14,25H,5-10H2,1H3. The Bertz CT molecular complexity index is 880. The van der Waals surface area contributed by atoms with Gasteiger partial charge in [-0.15, -0.1) is 10.2 Å². The highest BCUT2D eigenvalue weighted by Gasteiger charge is 2.29. The molecule has 2 aromatic rings. The van der Waals surface area contributed by atoms with E-state index in [1.54, 1.807) is 4.90 Å². The molecule has 0 radical (unpaired) electrons. The third kappa shape index (κ3) is 4.20. The Balaban J connectivity index is 1.57. The minimum atomic E-state index is -0.520. The molecule has 1 N–H and O–H groups in total. The van der Waals surface area contributed by atoms with Crippen LogP contribution in [0.3, 0.4) is 0 Å². The number of halogens is 1. The number of likely N-dealkylation sites (tertiary alicyclic amines) is 1. The van der Waals surface area contributed by atoms with Crippen molar-refractivity contribution < 1.29 is 19.4 Å². The van der Waals surface area contributed by atoms with Crippen molar-refractivity contribution in [2.24, 2.45) is 0 Å². The van der Waals surface area contributed by atoms with Crippen LogP contribution in [-0.2, 0) is 0 Å². The summed E-state index contributed by atoms with van der Waals surface area (Å²) < 4.78 is 11.6. The van der Waals surface area contributed by atoms with E-state index in [1.165, 1.54) is 6.07 Å². The van der Waals surface area contributed by atoms with Crippen LogP contribution in [0.2, 0.25) is 5.15 Å². The molecule has 0 atom stereocenters. The lowest BCUT2D eigenvalue weighted by Gasteiger charge is -2.28. The molecule has 1 aromatic heterocycles. The van der Waals surface area contributed by atoms with Crippen molar-refractivity contribution in [1.29, 1.82) is 0 Å². The van der Waals surface area contributed by atoms with Gasteiger partial charge in [0.2, 0.25) is 0 Å². The molecular formula is C20H22ClN3O4.